The SMILES string of the molecule is CCCCC(CC)COCC(CC)(CC)CS(=O)(=O)Cl. The summed E-state index contributed by atoms with van der Waals surface area (Å²) in [4.78, 5) is 0. The van der Waals surface area contributed by atoms with Crippen molar-refractivity contribution in [3.8, 4) is 0 Å². The second-order valence-corrected chi connectivity index (χ2v) is 8.60. The van der Waals surface area contributed by atoms with Crippen molar-refractivity contribution in [1.82, 2.24) is 0 Å². The number of hydrogen-bond donors (Lipinski definition) is 0. The molecule has 0 aliphatic heterocycles. The Kier molecular flexibility index (Phi) is 10.1. The van der Waals surface area contributed by atoms with Crippen LogP contribution >= 0.6 is 10.7 Å². The second kappa shape index (κ2) is 10.0. The van der Waals surface area contributed by atoms with Crippen LogP contribution in [0.4, 0.5) is 0 Å². The Bertz CT molecular complexity index is 337. The molecule has 0 saturated heterocycles. The van der Waals surface area contributed by atoms with Gasteiger partial charge in [0, 0.05) is 22.7 Å². The van der Waals surface area contributed by atoms with E-state index in [9.17, 15) is 8.42 Å². The van der Waals surface area contributed by atoms with E-state index in [0.29, 0.717) is 12.5 Å². The molecule has 0 bridgehead atoms. The molecule has 0 aromatic heterocycles. The minimum absolute atomic E-state index is 0.000305. The van der Waals surface area contributed by atoms with Crippen LogP contribution in [0.5, 0.6) is 0 Å². The Morgan fingerprint density at radius 1 is 1.15 bits per heavy atom. The molecule has 0 heterocycles. The third-order valence-electron chi connectivity index (χ3n) is 4.28. The zero-order valence-electron chi connectivity index (χ0n) is 13.5. The molecule has 1 unspecified atom stereocenters. The third kappa shape index (κ3) is 8.48. The molecule has 122 valence electrons. The molecule has 0 radical (unpaired) electrons. The van der Waals surface area contributed by atoms with Gasteiger partial charge in [0.25, 0.3) is 0 Å². The molecule has 0 aliphatic carbocycles. The summed E-state index contributed by atoms with van der Waals surface area (Å²) in [5.41, 5.74) is -0.344. The van der Waals surface area contributed by atoms with E-state index in [1.165, 1.54) is 19.3 Å². The smallest absolute Gasteiger partial charge is 0.233 e. The first kappa shape index (κ1) is 20.2. The lowest BCUT2D eigenvalue weighted by atomic mass is 9.85. The summed E-state index contributed by atoms with van der Waals surface area (Å²) in [5.74, 6) is 0.578. The molecule has 0 N–H and O–H groups in total. The van der Waals surface area contributed by atoms with Crippen LogP contribution in [0, 0.1) is 11.3 Å². The van der Waals surface area contributed by atoms with Crippen molar-refractivity contribution in [2.24, 2.45) is 11.3 Å². The highest BCUT2D eigenvalue weighted by Crippen LogP contribution is 2.30. The van der Waals surface area contributed by atoms with Crippen LogP contribution in [0.25, 0.3) is 0 Å². The van der Waals surface area contributed by atoms with E-state index in [0.717, 1.165) is 25.9 Å². The predicted octanol–water partition coefficient (Wildman–Crippen LogP) is 4.59. The van der Waals surface area contributed by atoms with Gasteiger partial charge in [0.15, 0.2) is 0 Å². The Balaban J connectivity index is 4.40. The summed E-state index contributed by atoms with van der Waals surface area (Å²) >= 11 is 0. The van der Waals surface area contributed by atoms with Gasteiger partial charge in [0.05, 0.1) is 12.4 Å². The van der Waals surface area contributed by atoms with Crippen LogP contribution in [-0.4, -0.2) is 27.4 Å². The average molecular weight is 327 g/mol. The molecule has 0 aromatic rings. The van der Waals surface area contributed by atoms with E-state index < -0.39 is 9.05 Å². The molecule has 0 fully saturated rings. The Labute approximate surface area is 129 Å². The van der Waals surface area contributed by atoms with Crippen molar-refractivity contribution in [3.63, 3.8) is 0 Å². The molecule has 0 spiro atoms. The maximum absolute atomic E-state index is 11.4. The van der Waals surface area contributed by atoms with E-state index in [-0.39, 0.29) is 11.2 Å². The van der Waals surface area contributed by atoms with Gasteiger partial charge in [-0.1, -0.05) is 47.0 Å². The van der Waals surface area contributed by atoms with Gasteiger partial charge in [-0.3, -0.25) is 0 Å². The Morgan fingerprint density at radius 2 is 1.75 bits per heavy atom. The lowest BCUT2D eigenvalue weighted by molar-refractivity contribution is 0.0275. The van der Waals surface area contributed by atoms with E-state index in [2.05, 4.69) is 13.8 Å². The van der Waals surface area contributed by atoms with Crippen LogP contribution in [0.3, 0.4) is 0 Å². The number of rotatable bonds is 12. The first-order valence-corrected chi connectivity index (χ1v) is 10.3. The highest BCUT2D eigenvalue weighted by Gasteiger charge is 2.32. The monoisotopic (exact) mass is 326 g/mol. The van der Waals surface area contributed by atoms with Crippen molar-refractivity contribution in [2.75, 3.05) is 19.0 Å². The van der Waals surface area contributed by atoms with Crippen molar-refractivity contribution in [2.45, 2.75) is 66.2 Å². The fourth-order valence-electron chi connectivity index (χ4n) is 2.41. The van der Waals surface area contributed by atoms with Crippen LogP contribution in [0.2, 0.25) is 0 Å². The molecule has 0 aromatic carbocycles. The summed E-state index contributed by atoms with van der Waals surface area (Å²) in [6.07, 6.45) is 6.26. The average Bonchev–Trinajstić information content (AvgIpc) is 2.40. The fourth-order valence-corrected chi connectivity index (χ4v) is 4.32. The van der Waals surface area contributed by atoms with Crippen molar-refractivity contribution < 1.29 is 13.2 Å². The van der Waals surface area contributed by atoms with Gasteiger partial charge in [-0.15, -0.1) is 0 Å². The first-order chi connectivity index (χ1) is 9.32. The number of ether oxygens (including phenoxy) is 1. The van der Waals surface area contributed by atoms with Crippen LogP contribution in [0.15, 0.2) is 0 Å². The van der Waals surface area contributed by atoms with Gasteiger partial charge in [-0.25, -0.2) is 8.42 Å². The van der Waals surface area contributed by atoms with E-state index >= 15 is 0 Å². The number of hydrogen-bond acceptors (Lipinski definition) is 3. The molecule has 1 atom stereocenters. The topological polar surface area (TPSA) is 43.4 Å². The maximum atomic E-state index is 11.4. The maximum Gasteiger partial charge on any atom is 0.233 e. The van der Waals surface area contributed by atoms with Gasteiger partial charge < -0.3 is 4.74 Å². The van der Waals surface area contributed by atoms with Crippen molar-refractivity contribution in [3.05, 3.63) is 0 Å². The highest BCUT2D eigenvalue weighted by atomic mass is 35.7. The molecule has 0 saturated carbocycles. The van der Waals surface area contributed by atoms with Crippen LogP contribution in [0.1, 0.15) is 66.2 Å². The number of unbranched alkanes of at least 4 members (excludes halogenated alkanes) is 1. The van der Waals surface area contributed by atoms with Gasteiger partial charge in [0.2, 0.25) is 9.05 Å². The van der Waals surface area contributed by atoms with Crippen molar-refractivity contribution >= 4 is 19.7 Å². The zero-order chi connectivity index (χ0) is 15.6. The summed E-state index contributed by atoms with van der Waals surface area (Å²) in [5, 5.41) is 0. The highest BCUT2D eigenvalue weighted by molar-refractivity contribution is 8.13. The van der Waals surface area contributed by atoms with Gasteiger partial charge in [-0.2, -0.15) is 0 Å². The Hall–Kier alpha value is 0.200. The van der Waals surface area contributed by atoms with E-state index in [4.69, 9.17) is 15.4 Å². The van der Waals surface area contributed by atoms with Crippen molar-refractivity contribution in [1.29, 1.82) is 0 Å². The number of halogens is 1. The fraction of sp³-hybridized carbons (Fsp3) is 1.00. The first-order valence-electron chi connectivity index (χ1n) is 7.82. The minimum Gasteiger partial charge on any atom is -0.381 e. The molecular formula is C15H31ClO3S. The van der Waals surface area contributed by atoms with Gasteiger partial charge in [0.1, 0.15) is 0 Å². The van der Waals surface area contributed by atoms with E-state index in [1.807, 2.05) is 13.8 Å². The lowest BCUT2D eigenvalue weighted by Gasteiger charge is -2.30. The summed E-state index contributed by atoms with van der Waals surface area (Å²) in [7, 11) is 1.94. The van der Waals surface area contributed by atoms with Gasteiger partial charge in [-0.05, 0) is 25.2 Å². The van der Waals surface area contributed by atoms with Crippen LogP contribution < -0.4 is 0 Å². The molecule has 0 aliphatic rings. The van der Waals surface area contributed by atoms with Gasteiger partial charge >= 0.3 is 0 Å². The quantitative estimate of drug-likeness (QED) is 0.492. The summed E-state index contributed by atoms with van der Waals surface area (Å²) in [6.45, 7) is 9.58. The third-order valence-corrected chi connectivity index (χ3v) is 5.57. The second-order valence-electron chi connectivity index (χ2n) is 5.82. The summed E-state index contributed by atoms with van der Waals surface area (Å²) < 4.78 is 28.6. The zero-order valence-corrected chi connectivity index (χ0v) is 15.0. The molecular weight excluding hydrogens is 296 g/mol. The molecule has 3 nitrogen and oxygen atoms in total. The minimum atomic E-state index is -3.48. The van der Waals surface area contributed by atoms with Crippen LogP contribution in [-0.2, 0) is 13.8 Å². The molecule has 5 heteroatoms. The normalized spacial score (nSPS) is 14.4. The predicted molar refractivity (Wildman–Crippen MR) is 86.8 cm³/mol. The molecule has 20 heavy (non-hydrogen) atoms. The lowest BCUT2D eigenvalue weighted by Crippen LogP contribution is -2.33. The molecule has 0 amide bonds. The Morgan fingerprint density at radius 3 is 2.15 bits per heavy atom. The largest absolute Gasteiger partial charge is 0.381 e. The standard InChI is InChI=1S/C15H31ClO3S/c1-5-9-10-14(6-2)11-19-12-15(7-3,8-4)13-20(16,17)18/h14H,5-13H2,1-4H3. The summed E-state index contributed by atoms with van der Waals surface area (Å²) in [6, 6.07) is 0. The molecule has 0 rings (SSSR count). The van der Waals surface area contributed by atoms with E-state index in [1.54, 1.807) is 0 Å².